The van der Waals surface area contributed by atoms with Crippen molar-refractivity contribution >= 4 is 23.6 Å². The van der Waals surface area contributed by atoms with E-state index in [1.807, 2.05) is 18.2 Å². The second-order valence-electron chi connectivity index (χ2n) is 4.97. The molecule has 1 aliphatic rings. The number of carbonyl (C=O) groups is 2. The number of hydrogen-bond donors (Lipinski definition) is 1. The van der Waals surface area contributed by atoms with Crippen LogP contribution in [0.15, 0.2) is 24.3 Å². The molecule has 0 unspecified atom stereocenters. The van der Waals surface area contributed by atoms with E-state index in [1.54, 1.807) is 11.0 Å². The molecule has 0 spiro atoms. The predicted molar refractivity (Wildman–Crippen MR) is 82.1 cm³/mol. The minimum atomic E-state index is -0.606. The molecule has 0 aromatic heterocycles. The van der Waals surface area contributed by atoms with Crippen LogP contribution in [0.1, 0.15) is 12.8 Å². The van der Waals surface area contributed by atoms with Crippen LogP contribution in [0.4, 0.5) is 4.79 Å². The Labute approximate surface area is 134 Å². The van der Waals surface area contributed by atoms with Gasteiger partial charge in [-0.05, 0) is 12.1 Å². The van der Waals surface area contributed by atoms with Gasteiger partial charge in [0, 0.05) is 25.9 Å². The van der Waals surface area contributed by atoms with E-state index < -0.39 is 6.09 Å². The van der Waals surface area contributed by atoms with Crippen molar-refractivity contribution in [3.63, 3.8) is 0 Å². The summed E-state index contributed by atoms with van der Waals surface area (Å²) in [6, 6.07) is 7.34. The summed E-state index contributed by atoms with van der Waals surface area (Å²) in [5, 5.41) is 2.97. The Morgan fingerprint density at radius 1 is 1.32 bits per heavy atom. The Kier molecular flexibility index (Phi) is 5.89. The summed E-state index contributed by atoms with van der Waals surface area (Å²) in [5.41, 5.74) is 0. The lowest BCUT2D eigenvalue weighted by Crippen LogP contribution is -2.46. The number of methoxy groups -OCH3 is 1. The van der Waals surface area contributed by atoms with E-state index in [9.17, 15) is 9.59 Å². The molecule has 1 fully saturated rings. The number of piperidine rings is 1. The van der Waals surface area contributed by atoms with E-state index in [4.69, 9.17) is 16.3 Å². The molecule has 1 aromatic carbocycles. The number of carbonyl (C=O) groups excluding carboxylic acids is 2. The number of nitrogens with one attached hydrogen (secondary N) is 1. The summed E-state index contributed by atoms with van der Waals surface area (Å²) >= 11 is 6.07. The topological polar surface area (TPSA) is 67.9 Å². The van der Waals surface area contributed by atoms with Crippen molar-refractivity contribution in [2.24, 2.45) is 0 Å². The average molecular weight is 327 g/mol. The quantitative estimate of drug-likeness (QED) is 0.919. The Morgan fingerprint density at radius 3 is 2.64 bits per heavy atom. The SMILES string of the molecule is COC(=O)NCC(=O)N1CCC(Oc2ccccc2Cl)CC1. The molecule has 1 saturated heterocycles. The summed E-state index contributed by atoms with van der Waals surface area (Å²) in [7, 11) is 1.26. The molecular formula is C15H19ClN2O4. The molecule has 7 heteroatoms. The molecule has 0 radical (unpaired) electrons. The molecular weight excluding hydrogens is 308 g/mol. The zero-order valence-corrected chi connectivity index (χ0v) is 13.1. The maximum absolute atomic E-state index is 11.9. The standard InChI is InChI=1S/C15H19ClN2O4/c1-21-15(20)17-10-14(19)18-8-6-11(7-9-18)22-13-5-3-2-4-12(13)16/h2-5,11H,6-10H2,1H3,(H,17,20). The van der Waals surface area contributed by atoms with Gasteiger partial charge in [0.15, 0.2) is 0 Å². The number of likely N-dealkylation sites (tertiary alicyclic amines) is 1. The molecule has 1 aromatic rings. The molecule has 1 N–H and O–H groups in total. The molecule has 2 rings (SSSR count). The van der Waals surface area contributed by atoms with Gasteiger partial charge in [-0.25, -0.2) is 4.79 Å². The zero-order valence-electron chi connectivity index (χ0n) is 12.4. The first-order valence-corrected chi connectivity index (χ1v) is 7.48. The van der Waals surface area contributed by atoms with Gasteiger partial charge in [0.2, 0.25) is 5.91 Å². The summed E-state index contributed by atoms with van der Waals surface area (Å²) in [5.74, 6) is 0.544. The number of alkyl carbamates (subject to hydrolysis) is 1. The summed E-state index contributed by atoms with van der Waals surface area (Å²) < 4.78 is 10.3. The van der Waals surface area contributed by atoms with Gasteiger partial charge in [-0.15, -0.1) is 0 Å². The molecule has 120 valence electrons. The molecule has 0 aliphatic carbocycles. The van der Waals surface area contributed by atoms with Crippen LogP contribution < -0.4 is 10.1 Å². The van der Waals surface area contributed by atoms with Crippen LogP contribution in [-0.4, -0.2) is 49.7 Å². The molecule has 2 amide bonds. The van der Waals surface area contributed by atoms with Crippen LogP contribution in [0, 0.1) is 0 Å². The molecule has 0 saturated carbocycles. The normalized spacial score (nSPS) is 15.3. The van der Waals surface area contributed by atoms with Crippen LogP contribution in [0.2, 0.25) is 5.02 Å². The fourth-order valence-corrected chi connectivity index (χ4v) is 2.45. The van der Waals surface area contributed by atoms with E-state index in [0.717, 1.165) is 12.8 Å². The monoisotopic (exact) mass is 326 g/mol. The van der Waals surface area contributed by atoms with Gasteiger partial charge in [-0.1, -0.05) is 23.7 Å². The number of ether oxygens (including phenoxy) is 2. The molecule has 22 heavy (non-hydrogen) atoms. The Bertz CT molecular complexity index is 530. The molecule has 1 aliphatic heterocycles. The molecule has 6 nitrogen and oxygen atoms in total. The Hall–Kier alpha value is -1.95. The summed E-state index contributed by atoms with van der Waals surface area (Å²) in [6.45, 7) is 1.14. The molecule has 0 atom stereocenters. The number of para-hydroxylation sites is 1. The average Bonchev–Trinajstić information content (AvgIpc) is 2.55. The fourth-order valence-electron chi connectivity index (χ4n) is 2.27. The number of benzene rings is 1. The van der Waals surface area contributed by atoms with Crippen molar-refractivity contribution in [3.8, 4) is 5.75 Å². The van der Waals surface area contributed by atoms with Gasteiger partial charge in [0.25, 0.3) is 0 Å². The highest BCUT2D eigenvalue weighted by Gasteiger charge is 2.24. The highest BCUT2D eigenvalue weighted by molar-refractivity contribution is 6.32. The first kappa shape index (κ1) is 16.4. The Morgan fingerprint density at radius 2 is 2.00 bits per heavy atom. The number of rotatable bonds is 4. The number of hydrogen-bond acceptors (Lipinski definition) is 4. The van der Waals surface area contributed by atoms with E-state index >= 15 is 0 Å². The van der Waals surface area contributed by atoms with Crippen molar-refractivity contribution in [2.45, 2.75) is 18.9 Å². The van der Waals surface area contributed by atoms with Crippen LogP contribution in [0.5, 0.6) is 5.75 Å². The van der Waals surface area contributed by atoms with Crippen LogP contribution in [0.3, 0.4) is 0 Å². The van der Waals surface area contributed by atoms with Gasteiger partial charge in [-0.2, -0.15) is 0 Å². The third kappa shape index (κ3) is 4.53. The van der Waals surface area contributed by atoms with Crippen LogP contribution >= 0.6 is 11.6 Å². The maximum Gasteiger partial charge on any atom is 0.407 e. The largest absolute Gasteiger partial charge is 0.489 e. The number of nitrogens with zero attached hydrogens (tertiary/aromatic N) is 1. The lowest BCUT2D eigenvalue weighted by Gasteiger charge is -2.32. The van der Waals surface area contributed by atoms with E-state index in [1.165, 1.54) is 7.11 Å². The number of halogens is 1. The third-order valence-corrected chi connectivity index (χ3v) is 3.81. The van der Waals surface area contributed by atoms with Crippen LogP contribution in [0.25, 0.3) is 0 Å². The van der Waals surface area contributed by atoms with E-state index in [0.29, 0.717) is 23.9 Å². The molecule has 1 heterocycles. The van der Waals surface area contributed by atoms with Crippen molar-refractivity contribution in [2.75, 3.05) is 26.7 Å². The van der Waals surface area contributed by atoms with Gasteiger partial charge in [0.05, 0.1) is 12.1 Å². The first-order chi connectivity index (χ1) is 10.6. The van der Waals surface area contributed by atoms with Crippen LogP contribution in [-0.2, 0) is 9.53 Å². The second kappa shape index (κ2) is 7.89. The smallest absolute Gasteiger partial charge is 0.407 e. The van der Waals surface area contributed by atoms with Crippen molar-refractivity contribution in [1.82, 2.24) is 10.2 Å². The summed E-state index contributed by atoms with van der Waals surface area (Å²) in [6.07, 6.45) is 0.896. The van der Waals surface area contributed by atoms with Gasteiger partial charge < -0.3 is 19.7 Å². The highest BCUT2D eigenvalue weighted by atomic mass is 35.5. The predicted octanol–water partition coefficient (Wildman–Crippen LogP) is 2.07. The maximum atomic E-state index is 11.9. The van der Waals surface area contributed by atoms with Crippen molar-refractivity contribution in [1.29, 1.82) is 0 Å². The lowest BCUT2D eigenvalue weighted by atomic mass is 10.1. The third-order valence-electron chi connectivity index (χ3n) is 3.49. The van der Waals surface area contributed by atoms with Crippen molar-refractivity contribution < 1.29 is 19.1 Å². The zero-order chi connectivity index (χ0) is 15.9. The second-order valence-corrected chi connectivity index (χ2v) is 5.38. The lowest BCUT2D eigenvalue weighted by molar-refractivity contribution is -0.131. The fraction of sp³-hybridized carbons (Fsp3) is 0.467. The highest BCUT2D eigenvalue weighted by Crippen LogP contribution is 2.26. The minimum absolute atomic E-state index is 0.0394. The van der Waals surface area contributed by atoms with Gasteiger partial charge in [0.1, 0.15) is 18.4 Å². The van der Waals surface area contributed by atoms with Gasteiger partial charge >= 0.3 is 6.09 Å². The molecule has 0 bridgehead atoms. The summed E-state index contributed by atoms with van der Waals surface area (Å²) in [4.78, 5) is 24.6. The Balaban J connectivity index is 1.77. The van der Waals surface area contributed by atoms with E-state index in [2.05, 4.69) is 10.1 Å². The minimum Gasteiger partial charge on any atom is -0.489 e. The van der Waals surface area contributed by atoms with Crippen molar-refractivity contribution in [3.05, 3.63) is 29.3 Å². The number of amides is 2. The first-order valence-electron chi connectivity index (χ1n) is 7.11. The van der Waals surface area contributed by atoms with Gasteiger partial charge in [-0.3, -0.25) is 4.79 Å². The van der Waals surface area contributed by atoms with E-state index in [-0.39, 0.29) is 18.6 Å².